The molecule has 0 radical (unpaired) electrons. The number of anilines is 3. The van der Waals surface area contributed by atoms with Gasteiger partial charge in [0.1, 0.15) is 17.5 Å². The fourth-order valence-corrected chi connectivity index (χ4v) is 4.51. The highest BCUT2D eigenvalue weighted by molar-refractivity contribution is 6.03. The second kappa shape index (κ2) is 8.36. The molecule has 1 atom stereocenters. The summed E-state index contributed by atoms with van der Waals surface area (Å²) >= 11 is 0. The van der Waals surface area contributed by atoms with E-state index in [1.165, 1.54) is 0 Å². The number of hydrogen-bond donors (Lipinski definition) is 1. The van der Waals surface area contributed by atoms with Crippen LogP contribution >= 0.6 is 0 Å². The van der Waals surface area contributed by atoms with Gasteiger partial charge in [-0.3, -0.25) is 4.79 Å². The van der Waals surface area contributed by atoms with Crippen molar-refractivity contribution in [2.75, 3.05) is 41.9 Å². The molecule has 2 aliphatic heterocycles. The average molecular weight is 463 g/mol. The minimum Gasteiger partial charge on any atom is -0.490 e. The van der Waals surface area contributed by atoms with Crippen molar-refractivity contribution in [3.05, 3.63) is 35.3 Å². The molecule has 1 aromatic carbocycles. The van der Waals surface area contributed by atoms with Gasteiger partial charge in [-0.05, 0) is 13.3 Å². The van der Waals surface area contributed by atoms with Crippen LogP contribution in [0.2, 0.25) is 0 Å². The molecule has 1 amide bonds. The summed E-state index contributed by atoms with van der Waals surface area (Å²) in [5, 5.41) is 3.27. The van der Waals surface area contributed by atoms with Gasteiger partial charge >= 0.3 is 0 Å². The number of ether oxygens (including phenoxy) is 2. The molecule has 176 valence electrons. The van der Waals surface area contributed by atoms with E-state index in [0.717, 1.165) is 18.6 Å². The van der Waals surface area contributed by atoms with Gasteiger partial charge in [-0.2, -0.15) is 4.98 Å². The van der Waals surface area contributed by atoms with Gasteiger partial charge < -0.3 is 24.6 Å². The maximum absolute atomic E-state index is 13.4. The number of benzene rings is 1. The molecule has 1 saturated heterocycles. The molecular weight excluding hydrogens is 439 g/mol. The standard InChI is InChI=1S/C22H24F3N5O3/c1-11-20-21(29(2)9-18(31)30(20)13-3-4-32-10-13)28-22(26-11)27-12-5-14(6-12)33-15-7-16(23)19(25)17(24)8-15/h7-8,12-14H,3-6,9-10H2,1-2H3,(H,26,27,28)/t12-,13?,14-. The lowest BCUT2D eigenvalue weighted by molar-refractivity contribution is -0.118. The summed E-state index contributed by atoms with van der Waals surface area (Å²) in [6, 6.07) is 1.68. The predicted molar refractivity (Wildman–Crippen MR) is 114 cm³/mol. The van der Waals surface area contributed by atoms with Crippen molar-refractivity contribution in [3.63, 3.8) is 0 Å². The van der Waals surface area contributed by atoms with E-state index in [1.807, 2.05) is 18.9 Å². The first-order chi connectivity index (χ1) is 15.8. The average Bonchev–Trinajstić information content (AvgIpc) is 3.25. The van der Waals surface area contributed by atoms with Crippen LogP contribution in [0.15, 0.2) is 12.1 Å². The summed E-state index contributed by atoms with van der Waals surface area (Å²) in [7, 11) is 1.82. The number of carbonyl (C=O) groups is 1. The smallest absolute Gasteiger partial charge is 0.247 e. The molecule has 0 spiro atoms. The lowest BCUT2D eigenvalue weighted by Gasteiger charge is -2.39. The van der Waals surface area contributed by atoms with Gasteiger partial charge in [-0.15, -0.1) is 0 Å². The van der Waals surface area contributed by atoms with Crippen LogP contribution in [0.3, 0.4) is 0 Å². The Bertz CT molecular complexity index is 1070. The normalized spacial score (nSPS) is 24.5. The zero-order valence-corrected chi connectivity index (χ0v) is 18.3. The van der Waals surface area contributed by atoms with Crippen LogP contribution in [0.4, 0.5) is 30.6 Å². The number of nitrogens with zero attached hydrogens (tertiary/aromatic N) is 4. The van der Waals surface area contributed by atoms with E-state index in [9.17, 15) is 18.0 Å². The number of halogens is 3. The third kappa shape index (κ3) is 4.05. The molecular formula is C22H24F3N5O3. The molecule has 1 unspecified atom stereocenters. The lowest BCUT2D eigenvalue weighted by atomic mass is 9.89. The first-order valence-electron chi connectivity index (χ1n) is 10.9. The van der Waals surface area contributed by atoms with E-state index >= 15 is 0 Å². The summed E-state index contributed by atoms with van der Waals surface area (Å²) in [5.74, 6) is -2.99. The molecule has 11 heteroatoms. The van der Waals surface area contributed by atoms with Crippen LogP contribution in [0, 0.1) is 24.4 Å². The molecule has 3 heterocycles. The van der Waals surface area contributed by atoms with E-state index in [-0.39, 0.29) is 36.4 Å². The van der Waals surface area contributed by atoms with Gasteiger partial charge in [0, 0.05) is 44.7 Å². The highest BCUT2D eigenvalue weighted by atomic mass is 19.2. The Hall–Kier alpha value is -3.08. The van der Waals surface area contributed by atoms with Crippen molar-refractivity contribution in [1.82, 2.24) is 9.97 Å². The van der Waals surface area contributed by atoms with Crippen LogP contribution in [-0.2, 0) is 9.53 Å². The zero-order chi connectivity index (χ0) is 23.3. The quantitative estimate of drug-likeness (QED) is 0.683. The summed E-state index contributed by atoms with van der Waals surface area (Å²) < 4.78 is 50.9. The van der Waals surface area contributed by atoms with E-state index < -0.39 is 17.5 Å². The monoisotopic (exact) mass is 463 g/mol. The lowest BCUT2D eigenvalue weighted by Crippen LogP contribution is -2.50. The van der Waals surface area contributed by atoms with Crippen LogP contribution < -0.4 is 19.9 Å². The number of likely N-dealkylation sites (N-methyl/N-ethyl adjacent to an activating group) is 1. The number of nitrogens with one attached hydrogen (secondary N) is 1. The van der Waals surface area contributed by atoms with E-state index in [0.29, 0.717) is 49.2 Å². The Balaban J connectivity index is 1.27. The van der Waals surface area contributed by atoms with Crippen molar-refractivity contribution >= 4 is 23.4 Å². The van der Waals surface area contributed by atoms with Crippen LogP contribution in [0.5, 0.6) is 5.75 Å². The fraction of sp³-hybridized carbons (Fsp3) is 0.500. The number of fused-ring (bicyclic) bond motifs is 1. The van der Waals surface area contributed by atoms with Crippen LogP contribution in [0.1, 0.15) is 25.0 Å². The maximum Gasteiger partial charge on any atom is 0.247 e. The minimum atomic E-state index is -1.51. The topological polar surface area (TPSA) is 79.8 Å². The first kappa shape index (κ1) is 21.7. The van der Waals surface area contributed by atoms with Crippen molar-refractivity contribution in [1.29, 1.82) is 0 Å². The van der Waals surface area contributed by atoms with E-state index in [2.05, 4.69) is 15.3 Å². The molecule has 5 rings (SSSR count). The Morgan fingerprint density at radius 3 is 2.58 bits per heavy atom. The molecule has 1 aliphatic carbocycles. The van der Waals surface area contributed by atoms with Crippen molar-refractivity contribution in [2.45, 2.75) is 44.4 Å². The predicted octanol–water partition coefficient (Wildman–Crippen LogP) is 2.80. The highest BCUT2D eigenvalue weighted by Gasteiger charge is 2.38. The SMILES string of the molecule is Cc1nc(N[C@H]2C[C@H](Oc3cc(F)c(F)c(F)c3)C2)nc2c1N(C1CCOC1)C(=O)CN2C. The fourth-order valence-electron chi connectivity index (χ4n) is 4.51. The van der Waals surface area contributed by atoms with E-state index in [1.54, 1.807) is 4.90 Å². The molecule has 1 saturated carbocycles. The van der Waals surface area contributed by atoms with Gasteiger partial charge in [0.2, 0.25) is 11.9 Å². The van der Waals surface area contributed by atoms with Crippen molar-refractivity contribution < 1.29 is 27.4 Å². The minimum absolute atomic E-state index is 0.000518. The van der Waals surface area contributed by atoms with Crippen LogP contribution in [-0.4, -0.2) is 60.9 Å². The first-order valence-corrected chi connectivity index (χ1v) is 10.9. The van der Waals surface area contributed by atoms with Gasteiger partial charge in [0.25, 0.3) is 0 Å². The van der Waals surface area contributed by atoms with Crippen molar-refractivity contribution in [3.8, 4) is 5.75 Å². The zero-order valence-electron chi connectivity index (χ0n) is 18.3. The summed E-state index contributed by atoms with van der Waals surface area (Å²) in [6.07, 6.45) is 1.66. The largest absolute Gasteiger partial charge is 0.490 e. The van der Waals surface area contributed by atoms with Gasteiger partial charge in [0.05, 0.1) is 24.9 Å². The number of hydrogen-bond acceptors (Lipinski definition) is 7. The maximum atomic E-state index is 13.4. The number of aromatic nitrogens is 2. The van der Waals surface area contributed by atoms with Gasteiger partial charge in [0.15, 0.2) is 23.3 Å². The Morgan fingerprint density at radius 2 is 1.91 bits per heavy atom. The Kier molecular flexibility index (Phi) is 5.51. The molecule has 2 aromatic rings. The summed E-state index contributed by atoms with van der Waals surface area (Å²) in [6.45, 7) is 3.20. The second-order valence-corrected chi connectivity index (χ2v) is 8.70. The third-order valence-corrected chi connectivity index (χ3v) is 6.24. The molecule has 1 aromatic heterocycles. The van der Waals surface area contributed by atoms with Crippen molar-refractivity contribution in [2.24, 2.45) is 0 Å². The second-order valence-electron chi connectivity index (χ2n) is 8.70. The van der Waals surface area contributed by atoms with E-state index in [4.69, 9.17) is 9.47 Å². The number of aryl methyl sites for hydroxylation is 1. The number of carbonyl (C=O) groups excluding carboxylic acids is 1. The van der Waals surface area contributed by atoms with Gasteiger partial charge in [-0.25, -0.2) is 18.2 Å². The Labute approximate surface area is 188 Å². The number of amides is 1. The highest BCUT2D eigenvalue weighted by Crippen LogP contribution is 2.38. The molecule has 8 nitrogen and oxygen atoms in total. The summed E-state index contributed by atoms with van der Waals surface area (Å²) in [4.78, 5) is 25.6. The summed E-state index contributed by atoms with van der Waals surface area (Å²) in [5.41, 5.74) is 1.41. The molecule has 3 aliphatic rings. The van der Waals surface area contributed by atoms with Gasteiger partial charge in [-0.1, -0.05) is 0 Å². The molecule has 2 fully saturated rings. The van der Waals surface area contributed by atoms with Crippen LogP contribution in [0.25, 0.3) is 0 Å². The molecule has 0 bridgehead atoms. The third-order valence-electron chi connectivity index (χ3n) is 6.24. The molecule has 1 N–H and O–H groups in total. The number of rotatable bonds is 5. The molecule has 33 heavy (non-hydrogen) atoms. The Morgan fingerprint density at radius 1 is 1.18 bits per heavy atom.